The van der Waals surface area contributed by atoms with Gasteiger partial charge in [-0.05, 0) is 50.7 Å². The first-order valence-electron chi connectivity index (χ1n) is 7.13. The molecule has 4 nitrogen and oxygen atoms in total. The summed E-state index contributed by atoms with van der Waals surface area (Å²) in [7, 11) is 2.08. The standard InChI is InChI=1S/C16H21FN2O2/c1-12-11-18(2)8-3-9-19(12)15-6-4-13(10-14(15)17)5-7-16(20)21/h4-7,10,12H,3,8-9,11H2,1-2H3,(H,20,21)/b7-5+. The van der Waals surface area contributed by atoms with E-state index in [0.29, 0.717) is 11.3 Å². The van der Waals surface area contributed by atoms with E-state index in [4.69, 9.17) is 5.11 Å². The van der Waals surface area contributed by atoms with Crippen LogP contribution >= 0.6 is 0 Å². The number of anilines is 1. The van der Waals surface area contributed by atoms with Crippen molar-refractivity contribution in [1.82, 2.24) is 4.90 Å². The number of benzene rings is 1. The maximum Gasteiger partial charge on any atom is 0.328 e. The molecule has 0 spiro atoms. The van der Waals surface area contributed by atoms with Crippen LogP contribution in [0.3, 0.4) is 0 Å². The molecule has 1 aliphatic rings. The van der Waals surface area contributed by atoms with E-state index < -0.39 is 5.97 Å². The van der Waals surface area contributed by atoms with Crippen LogP contribution < -0.4 is 4.90 Å². The fourth-order valence-electron chi connectivity index (χ4n) is 2.76. The molecule has 114 valence electrons. The van der Waals surface area contributed by atoms with Crippen molar-refractivity contribution in [2.45, 2.75) is 19.4 Å². The number of nitrogens with zero attached hydrogens (tertiary/aromatic N) is 2. The number of carbonyl (C=O) groups is 1. The minimum atomic E-state index is -1.04. The molecule has 0 amide bonds. The molecule has 1 N–H and O–H groups in total. The molecule has 1 saturated heterocycles. The van der Waals surface area contributed by atoms with Crippen molar-refractivity contribution in [2.24, 2.45) is 0 Å². The summed E-state index contributed by atoms with van der Waals surface area (Å²) in [5.41, 5.74) is 1.14. The minimum Gasteiger partial charge on any atom is -0.478 e. The molecule has 1 aromatic rings. The molecule has 1 atom stereocenters. The van der Waals surface area contributed by atoms with Crippen LogP contribution in [0.4, 0.5) is 10.1 Å². The summed E-state index contributed by atoms with van der Waals surface area (Å²) in [6.45, 7) is 4.84. The Hall–Kier alpha value is -1.88. The third kappa shape index (κ3) is 4.04. The third-order valence-corrected chi connectivity index (χ3v) is 3.75. The Morgan fingerprint density at radius 3 is 2.86 bits per heavy atom. The summed E-state index contributed by atoms with van der Waals surface area (Å²) in [5, 5.41) is 8.60. The summed E-state index contributed by atoms with van der Waals surface area (Å²) in [5.74, 6) is -1.34. The van der Waals surface area contributed by atoms with E-state index in [1.54, 1.807) is 12.1 Å². The molecule has 1 aromatic carbocycles. The Bertz CT molecular complexity index is 545. The lowest BCUT2D eigenvalue weighted by Crippen LogP contribution is -2.38. The van der Waals surface area contributed by atoms with Crippen LogP contribution in [0.1, 0.15) is 18.9 Å². The van der Waals surface area contributed by atoms with Crippen molar-refractivity contribution >= 4 is 17.7 Å². The van der Waals surface area contributed by atoms with E-state index in [0.717, 1.165) is 32.1 Å². The van der Waals surface area contributed by atoms with Gasteiger partial charge >= 0.3 is 5.97 Å². The van der Waals surface area contributed by atoms with Gasteiger partial charge in [0.15, 0.2) is 0 Å². The second-order valence-corrected chi connectivity index (χ2v) is 5.54. The van der Waals surface area contributed by atoms with Crippen LogP contribution in [-0.4, -0.2) is 48.7 Å². The lowest BCUT2D eigenvalue weighted by Gasteiger charge is -2.30. The number of carboxylic acid groups (broad SMARTS) is 1. The highest BCUT2D eigenvalue weighted by Crippen LogP contribution is 2.25. The van der Waals surface area contributed by atoms with Crippen molar-refractivity contribution in [3.63, 3.8) is 0 Å². The Morgan fingerprint density at radius 2 is 2.19 bits per heavy atom. The second kappa shape index (κ2) is 6.72. The van der Waals surface area contributed by atoms with Gasteiger partial charge in [-0.15, -0.1) is 0 Å². The lowest BCUT2D eigenvalue weighted by molar-refractivity contribution is -0.131. The zero-order valence-electron chi connectivity index (χ0n) is 12.4. The molecule has 1 aliphatic heterocycles. The van der Waals surface area contributed by atoms with Crippen LogP contribution in [0.25, 0.3) is 6.08 Å². The zero-order valence-corrected chi connectivity index (χ0v) is 12.4. The maximum absolute atomic E-state index is 14.3. The summed E-state index contributed by atoms with van der Waals surface area (Å²) in [6.07, 6.45) is 3.41. The summed E-state index contributed by atoms with van der Waals surface area (Å²) in [4.78, 5) is 14.8. The maximum atomic E-state index is 14.3. The van der Waals surface area contributed by atoms with Gasteiger partial charge < -0.3 is 14.9 Å². The molecular weight excluding hydrogens is 271 g/mol. The van der Waals surface area contributed by atoms with Crippen LogP contribution in [0.5, 0.6) is 0 Å². The van der Waals surface area contributed by atoms with Crippen LogP contribution in [0.2, 0.25) is 0 Å². The second-order valence-electron chi connectivity index (χ2n) is 5.54. The van der Waals surface area contributed by atoms with Gasteiger partial charge in [-0.25, -0.2) is 9.18 Å². The molecule has 5 heteroatoms. The number of hydrogen-bond acceptors (Lipinski definition) is 3. The summed E-state index contributed by atoms with van der Waals surface area (Å²) < 4.78 is 14.3. The largest absolute Gasteiger partial charge is 0.478 e. The van der Waals surface area contributed by atoms with E-state index in [-0.39, 0.29) is 11.9 Å². The van der Waals surface area contributed by atoms with Gasteiger partial charge in [-0.2, -0.15) is 0 Å². The third-order valence-electron chi connectivity index (χ3n) is 3.75. The van der Waals surface area contributed by atoms with Gasteiger partial charge in [0.1, 0.15) is 5.82 Å². The first kappa shape index (κ1) is 15.5. The van der Waals surface area contributed by atoms with Gasteiger partial charge in [0, 0.05) is 25.2 Å². The molecule has 1 heterocycles. The molecule has 0 bridgehead atoms. The summed E-state index contributed by atoms with van der Waals surface area (Å²) in [6, 6.07) is 5.11. The Labute approximate surface area is 124 Å². The topological polar surface area (TPSA) is 43.8 Å². The zero-order chi connectivity index (χ0) is 15.4. The smallest absolute Gasteiger partial charge is 0.328 e. The van der Waals surface area contributed by atoms with Gasteiger partial charge in [-0.3, -0.25) is 0 Å². The molecule has 0 aromatic heterocycles. The fourth-order valence-corrected chi connectivity index (χ4v) is 2.76. The van der Waals surface area contributed by atoms with Crippen LogP contribution in [0, 0.1) is 5.82 Å². The van der Waals surface area contributed by atoms with E-state index in [9.17, 15) is 9.18 Å². The monoisotopic (exact) mass is 292 g/mol. The SMILES string of the molecule is CC1CN(C)CCCN1c1ccc(/C=C/C(=O)O)cc1F. The first-order valence-corrected chi connectivity index (χ1v) is 7.13. The average molecular weight is 292 g/mol. The number of aliphatic carboxylic acids is 1. The van der Waals surface area contributed by atoms with Crippen molar-refractivity contribution in [3.05, 3.63) is 35.7 Å². The quantitative estimate of drug-likeness (QED) is 0.869. The predicted molar refractivity (Wildman–Crippen MR) is 82.0 cm³/mol. The summed E-state index contributed by atoms with van der Waals surface area (Å²) >= 11 is 0. The van der Waals surface area contributed by atoms with Crippen LogP contribution in [0.15, 0.2) is 24.3 Å². The fraction of sp³-hybridized carbons (Fsp3) is 0.438. The average Bonchev–Trinajstić information content (AvgIpc) is 2.57. The number of rotatable bonds is 3. The van der Waals surface area contributed by atoms with Crippen molar-refractivity contribution in [2.75, 3.05) is 31.6 Å². The van der Waals surface area contributed by atoms with Crippen molar-refractivity contribution in [1.29, 1.82) is 0 Å². The Kier molecular flexibility index (Phi) is 4.96. The highest BCUT2D eigenvalue weighted by atomic mass is 19.1. The molecule has 21 heavy (non-hydrogen) atoms. The number of halogens is 1. The van der Waals surface area contributed by atoms with Crippen molar-refractivity contribution < 1.29 is 14.3 Å². The van der Waals surface area contributed by atoms with Gasteiger partial charge in [0.25, 0.3) is 0 Å². The molecule has 0 saturated carbocycles. The van der Waals surface area contributed by atoms with Crippen molar-refractivity contribution in [3.8, 4) is 0 Å². The molecule has 2 rings (SSSR count). The van der Waals surface area contributed by atoms with Gasteiger partial charge in [0.2, 0.25) is 0 Å². The normalized spacial score (nSPS) is 20.7. The highest BCUT2D eigenvalue weighted by molar-refractivity contribution is 5.85. The Morgan fingerprint density at radius 1 is 1.43 bits per heavy atom. The van der Waals surface area contributed by atoms with E-state index in [2.05, 4.69) is 23.8 Å². The lowest BCUT2D eigenvalue weighted by atomic mass is 10.1. The van der Waals surface area contributed by atoms with E-state index in [1.807, 2.05) is 0 Å². The molecule has 1 unspecified atom stereocenters. The van der Waals surface area contributed by atoms with Gasteiger partial charge in [-0.1, -0.05) is 6.07 Å². The molecule has 1 fully saturated rings. The molecular formula is C16H21FN2O2. The first-order chi connectivity index (χ1) is 9.97. The molecule has 0 radical (unpaired) electrons. The number of likely N-dealkylation sites (N-methyl/N-ethyl adjacent to an activating group) is 1. The van der Waals surface area contributed by atoms with Crippen LogP contribution in [-0.2, 0) is 4.79 Å². The molecule has 0 aliphatic carbocycles. The van der Waals surface area contributed by atoms with E-state index >= 15 is 0 Å². The Balaban J connectivity index is 2.21. The predicted octanol–water partition coefficient (Wildman–Crippen LogP) is 2.45. The minimum absolute atomic E-state index is 0.243. The highest BCUT2D eigenvalue weighted by Gasteiger charge is 2.22. The number of carboxylic acids is 1. The van der Waals surface area contributed by atoms with E-state index in [1.165, 1.54) is 12.1 Å². The van der Waals surface area contributed by atoms with Gasteiger partial charge in [0.05, 0.1) is 5.69 Å². The number of hydrogen-bond donors (Lipinski definition) is 1.